The van der Waals surface area contributed by atoms with Crippen molar-refractivity contribution in [1.82, 2.24) is 4.90 Å². The Kier molecular flexibility index (Phi) is 6.82. The van der Waals surface area contributed by atoms with Gasteiger partial charge in [-0.1, -0.05) is 6.07 Å². The number of alkyl halides is 3. The lowest BCUT2D eigenvalue weighted by atomic mass is 9.50. The number of aliphatic hydroxyl groups excluding tert-OH is 1. The van der Waals surface area contributed by atoms with Crippen LogP contribution in [0.1, 0.15) is 37.3 Å². The largest absolute Gasteiger partial charge is 0.504 e. The van der Waals surface area contributed by atoms with E-state index in [2.05, 4.69) is 14.4 Å². The molecular formula is C26H26F3NO11. The Morgan fingerprint density at radius 1 is 1.22 bits per heavy atom. The second kappa shape index (κ2) is 9.70. The molecule has 5 rings (SSSR count). The van der Waals surface area contributed by atoms with Gasteiger partial charge in [0.1, 0.15) is 5.76 Å². The second-order valence-electron chi connectivity index (χ2n) is 10.6. The van der Waals surface area contributed by atoms with Crippen molar-refractivity contribution >= 4 is 23.9 Å². The zero-order valence-corrected chi connectivity index (χ0v) is 21.8. The van der Waals surface area contributed by atoms with Gasteiger partial charge in [-0.25, -0.2) is 14.4 Å². The number of likely N-dealkylation sites (N-methyl/N-ethyl adjacent to an activating group) is 1. The van der Waals surface area contributed by atoms with Crippen molar-refractivity contribution in [3.8, 4) is 11.5 Å². The highest BCUT2D eigenvalue weighted by molar-refractivity contribution is 5.91. The summed E-state index contributed by atoms with van der Waals surface area (Å²) in [5.74, 6) is -7.26. The molecule has 222 valence electrons. The first kappa shape index (κ1) is 28.8. The summed E-state index contributed by atoms with van der Waals surface area (Å²) < 4.78 is 56.5. The molecule has 1 aromatic carbocycles. The normalized spacial score (nSPS) is 29.3. The van der Waals surface area contributed by atoms with Crippen molar-refractivity contribution in [3.63, 3.8) is 0 Å². The molecule has 1 saturated heterocycles. The third-order valence-electron chi connectivity index (χ3n) is 8.27. The van der Waals surface area contributed by atoms with Gasteiger partial charge in [0.25, 0.3) is 0 Å². The number of esters is 4. The summed E-state index contributed by atoms with van der Waals surface area (Å²) in [4.78, 5) is 49.3. The Hall–Kier alpha value is -3.69. The molecule has 12 nitrogen and oxygen atoms in total. The third-order valence-corrected chi connectivity index (χ3v) is 8.27. The maximum atomic E-state index is 12.7. The molecule has 2 heterocycles. The molecule has 6 atom stereocenters. The SMILES string of the molecule is C[C@H](OC(=O)[C@@H](O)CC(=O)OC1=CC[C@@]2(O)[C@H]3Cc4ccc(O)c5c4[C@@]2(CCN3C)[C@H]1O5)C(=O)OC(=O)C(F)(F)F. The second-order valence-corrected chi connectivity index (χ2v) is 10.6. The van der Waals surface area contributed by atoms with Crippen LogP contribution in [-0.2, 0) is 45.2 Å². The average molecular weight is 585 g/mol. The van der Waals surface area contributed by atoms with Gasteiger partial charge in [-0.15, -0.1) is 0 Å². The van der Waals surface area contributed by atoms with E-state index in [1.165, 1.54) is 12.1 Å². The number of likely N-dealkylation sites (tertiary alicyclic amines) is 1. The van der Waals surface area contributed by atoms with E-state index in [1.54, 1.807) is 6.07 Å². The van der Waals surface area contributed by atoms with E-state index in [-0.39, 0.29) is 29.7 Å². The fourth-order valence-electron chi connectivity index (χ4n) is 6.38. The molecule has 1 fully saturated rings. The number of piperidine rings is 1. The van der Waals surface area contributed by atoms with E-state index in [9.17, 15) is 47.7 Å². The quantitative estimate of drug-likeness (QED) is 0.241. The minimum Gasteiger partial charge on any atom is -0.504 e. The Morgan fingerprint density at radius 2 is 1.93 bits per heavy atom. The minimum absolute atomic E-state index is 0.00889. The van der Waals surface area contributed by atoms with Gasteiger partial charge in [-0.3, -0.25) is 4.79 Å². The predicted octanol–water partition coefficient (Wildman–Crippen LogP) is 0.528. The van der Waals surface area contributed by atoms with Crippen LogP contribution in [-0.4, -0.2) is 93.8 Å². The number of carbonyl (C=O) groups is 4. The van der Waals surface area contributed by atoms with E-state index in [0.29, 0.717) is 24.9 Å². The van der Waals surface area contributed by atoms with Crippen molar-refractivity contribution < 1.29 is 66.6 Å². The molecule has 3 N–H and O–H groups in total. The Labute approximate surface area is 230 Å². The van der Waals surface area contributed by atoms with Crippen LogP contribution in [0.25, 0.3) is 0 Å². The zero-order chi connectivity index (χ0) is 30.1. The number of hydrogen-bond acceptors (Lipinski definition) is 12. The first-order valence-electron chi connectivity index (χ1n) is 12.7. The molecule has 1 spiro atoms. The number of carbonyl (C=O) groups excluding carboxylic acids is 4. The average Bonchev–Trinajstić information content (AvgIpc) is 3.24. The van der Waals surface area contributed by atoms with Crippen LogP contribution in [0.15, 0.2) is 24.0 Å². The van der Waals surface area contributed by atoms with Gasteiger partial charge < -0.3 is 39.2 Å². The monoisotopic (exact) mass is 585 g/mol. The predicted molar refractivity (Wildman–Crippen MR) is 126 cm³/mol. The highest BCUT2D eigenvalue weighted by atomic mass is 19.4. The molecule has 1 aromatic rings. The lowest BCUT2D eigenvalue weighted by molar-refractivity contribution is -0.205. The van der Waals surface area contributed by atoms with E-state index in [4.69, 9.17) is 9.47 Å². The number of phenols is 1. The van der Waals surface area contributed by atoms with Gasteiger partial charge >= 0.3 is 30.1 Å². The van der Waals surface area contributed by atoms with Crippen molar-refractivity contribution in [1.29, 1.82) is 0 Å². The van der Waals surface area contributed by atoms with Crippen LogP contribution in [0.3, 0.4) is 0 Å². The van der Waals surface area contributed by atoms with E-state index in [0.717, 1.165) is 12.5 Å². The molecule has 0 aromatic heterocycles. The topological polar surface area (TPSA) is 169 Å². The summed E-state index contributed by atoms with van der Waals surface area (Å²) in [7, 11) is 1.90. The number of rotatable bonds is 6. The first-order chi connectivity index (χ1) is 19.1. The molecule has 4 aliphatic rings. The van der Waals surface area contributed by atoms with Gasteiger partial charge in [0, 0.05) is 18.0 Å². The van der Waals surface area contributed by atoms with E-state index in [1.807, 2.05) is 7.05 Å². The van der Waals surface area contributed by atoms with Crippen molar-refractivity contribution in [3.05, 3.63) is 35.1 Å². The lowest BCUT2D eigenvalue weighted by Crippen LogP contribution is -2.74. The summed E-state index contributed by atoms with van der Waals surface area (Å²) >= 11 is 0. The third kappa shape index (κ3) is 4.42. The molecule has 2 aliphatic heterocycles. The molecule has 0 radical (unpaired) electrons. The van der Waals surface area contributed by atoms with Crippen molar-refractivity contribution in [2.24, 2.45) is 0 Å². The van der Waals surface area contributed by atoms with Gasteiger partial charge in [-0.2, -0.15) is 13.2 Å². The first-order valence-corrected chi connectivity index (χ1v) is 12.7. The number of hydrogen-bond donors (Lipinski definition) is 3. The van der Waals surface area contributed by atoms with Gasteiger partial charge in [0.2, 0.25) is 0 Å². The van der Waals surface area contributed by atoms with Crippen LogP contribution in [0.4, 0.5) is 13.2 Å². The summed E-state index contributed by atoms with van der Waals surface area (Å²) in [6.07, 6.45) is -9.13. The highest BCUT2D eigenvalue weighted by Crippen LogP contribution is 2.65. The smallest absolute Gasteiger partial charge is 0.491 e. The minimum atomic E-state index is -5.46. The number of phenolic OH excluding ortho intramolecular Hbond substituents is 1. The zero-order valence-electron chi connectivity index (χ0n) is 21.8. The van der Waals surface area contributed by atoms with Gasteiger partial charge in [0.15, 0.2) is 29.8 Å². The number of halogens is 3. The number of aromatic hydroxyl groups is 1. The van der Waals surface area contributed by atoms with E-state index >= 15 is 0 Å². The Balaban J connectivity index is 1.28. The molecular weight excluding hydrogens is 559 g/mol. The maximum Gasteiger partial charge on any atom is 0.491 e. The number of nitrogens with zero attached hydrogens (tertiary/aromatic N) is 1. The molecule has 0 amide bonds. The number of ether oxygens (including phenoxy) is 4. The Morgan fingerprint density at radius 3 is 2.61 bits per heavy atom. The van der Waals surface area contributed by atoms with Crippen LogP contribution in [0.2, 0.25) is 0 Å². The standard InChI is InChI=1S/C26H26F3NO11/c1-11(21(34)41-23(36)26(27,28)29)38-22(35)14(32)10-17(33)39-15-5-6-25(37)16-9-12-3-4-13(31)19-18(12)24(25,20(15)40-19)7-8-30(16)2/h3-5,11,14,16,20,31-32,37H,6-10H2,1-2H3/t11-,14-,16+,20-,24-,25+/m0/s1. The molecule has 2 aliphatic carbocycles. The molecule has 41 heavy (non-hydrogen) atoms. The highest BCUT2D eigenvalue weighted by Gasteiger charge is 2.72. The fraction of sp³-hybridized carbons (Fsp3) is 0.538. The van der Waals surface area contributed by atoms with Crippen LogP contribution >= 0.6 is 0 Å². The summed E-state index contributed by atoms with van der Waals surface area (Å²) in [6, 6.07) is 2.99. The molecule has 15 heteroatoms. The Bertz CT molecular complexity index is 1360. The molecule has 0 saturated carbocycles. The maximum absolute atomic E-state index is 12.7. The fourth-order valence-corrected chi connectivity index (χ4v) is 6.38. The number of benzene rings is 1. The van der Waals surface area contributed by atoms with Crippen molar-refractivity contribution in [2.45, 2.75) is 74.2 Å². The van der Waals surface area contributed by atoms with Crippen LogP contribution in [0.5, 0.6) is 11.5 Å². The van der Waals surface area contributed by atoms with Crippen LogP contribution < -0.4 is 4.74 Å². The number of aliphatic hydroxyl groups is 2. The molecule has 0 unspecified atom stereocenters. The van der Waals surface area contributed by atoms with Gasteiger partial charge in [0.05, 0.1) is 17.4 Å². The van der Waals surface area contributed by atoms with Crippen molar-refractivity contribution in [2.75, 3.05) is 13.6 Å². The van der Waals surface area contributed by atoms with Gasteiger partial charge in [-0.05, 0) is 51.1 Å². The van der Waals surface area contributed by atoms with E-state index < -0.39 is 65.8 Å². The summed E-state index contributed by atoms with van der Waals surface area (Å²) in [5, 5.41) is 32.7. The van der Waals surface area contributed by atoms with Crippen LogP contribution in [0, 0.1) is 0 Å². The summed E-state index contributed by atoms with van der Waals surface area (Å²) in [6.45, 7) is 1.39. The summed E-state index contributed by atoms with van der Waals surface area (Å²) in [5.41, 5.74) is -0.813. The lowest BCUT2D eigenvalue weighted by Gasteiger charge is -2.61. The molecule has 2 bridgehead atoms.